The van der Waals surface area contributed by atoms with Gasteiger partial charge >= 0.3 is 5.97 Å². The molecule has 44 heavy (non-hydrogen) atoms. The molecule has 2 aromatic carbocycles. The van der Waals surface area contributed by atoms with Gasteiger partial charge in [-0.3, -0.25) is 9.69 Å². The summed E-state index contributed by atoms with van der Waals surface area (Å²) >= 11 is 0. The van der Waals surface area contributed by atoms with Crippen molar-refractivity contribution in [1.82, 2.24) is 4.90 Å². The molecule has 1 saturated heterocycles. The third kappa shape index (κ3) is 8.46. The van der Waals surface area contributed by atoms with Gasteiger partial charge in [0.05, 0.1) is 26.9 Å². The molecule has 6 nitrogen and oxygen atoms in total. The highest BCUT2D eigenvalue weighted by atomic mass is 28.4. The highest BCUT2D eigenvalue weighted by Crippen LogP contribution is 2.47. The van der Waals surface area contributed by atoms with Crippen LogP contribution in [-0.4, -0.2) is 58.7 Å². The Kier molecular flexibility index (Phi) is 12.5. The zero-order valence-electron chi connectivity index (χ0n) is 29.7. The fourth-order valence-electron chi connectivity index (χ4n) is 6.46. The summed E-state index contributed by atoms with van der Waals surface area (Å²) in [5.41, 5.74) is 6.72. The first-order valence-electron chi connectivity index (χ1n) is 16.6. The minimum absolute atomic E-state index is 0.0755. The molecule has 0 aromatic heterocycles. The topological polar surface area (TPSA) is 57.0 Å². The summed E-state index contributed by atoms with van der Waals surface area (Å²) in [5, 5.41) is 0.253. The Bertz CT molecular complexity index is 1160. The van der Waals surface area contributed by atoms with Gasteiger partial charge < -0.3 is 18.6 Å². The maximum atomic E-state index is 13.3. The molecule has 0 N–H and O–H groups in total. The minimum Gasteiger partial charge on any atom is -0.496 e. The molecule has 7 heteroatoms. The Morgan fingerprint density at radius 2 is 1.27 bits per heavy atom. The number of aryl methyl sites for hydroxylation is 4. The minimum atomic E-state index is -1.68. The average molecular weight is 626 g/mol. The van der Waals surface area contributed by atoms with Crippen LogP contribution in [0.5, 0.6) is 11.5 Å². The average Bonchev–Trinajstić information content (AvgIpc) is 3.62. The molecule has 0 bridgehead atoms. The van der Waals surface area contributed by atoms with Gasteiger partial charge in [-0.05, 0) is 99.0 Å². The van der Waals surface area contributed by atoms with Gasteiger partial charge in [0.25, 0.3) is 0 Å². The van der Waals surface area contributed by atoms with E-state index in [4.69, 9.17) is 18.6 Å². The van der Waals surface area contributed by atoms with Crippen molar-refractivity contribution < 1.29 is 23.4 Å². The molecule has 0 aliphatic carbocycles. The van der Waals surface area contributed by atoms with E-state index in [2.05, 4.69) is 90.7 Å². The molecule has 1 aliphatic heterocycles. The lowest BCUT2D eigenvalue weighted by atomic mass is 9.92. The van der Waals surface area contributed by atoms with Crippen molar-refractivity contribution in [2.24, 2.45) is 0 Å². The maximum absolute atomic E-state index is 13.3. The van der Waals surface area contributed by atoms with Crippen molar-refractivity contribution in [3.05, 3.63) is 57.6 Å². The first kappa shape index (κ1) is 36.1. The van der Waals surface area contributed by atoms with Crippen LogP contribution < -0.4 is 9.47 Å². The van der Waals surface area contributed by atoms with Crippen molar-refractivity contribution in [3.8, 4) is 11.5 Å². The van der Waals surface area contributed by atoms with Crippen LogP contribution in [0.25, 0.3) is 0 Å². The number of hydrogen-bond donors (Lipinski definition) is 0. The monoisotopic (exact) mass is 625 g/mol. The molecule has 1 unspecified atom stereocenters. The van der Waals surface area contributed by atoms with E-state index in [-0.39, 0.29) is 29.1 Å². The normalized spacial score (nSPS) is 18.4. The first-order chi connectivity index (χ1) is 20.7. The number of esters is 1. The van der Waals surface area contributed by atoms with Gasteiger partial charge in [-0.25, -0.2) is 0 Å². The maximum Gasteiger partial charge on any atom is 0.325 e. The molecular weight excluding hydrogens is 566 g/mol. The SMILES string of the molecule is CCOC(=O)[C@H]1[C@@H](CCCCCCCO[Si](C)(C)C(C)(C)C)N1C(c1cc(C)c(OC)c(C)c1)c1cc(C)c(OC)c(C)c1. The lowest BCUT2D eigenvalue weighted by molar-refractivity contribution is -0.143. The van der Waals surface area contributed by atoms with Gasteiger partial charge in [0.1, 0.15) is 17.5 Å². The Hall–Kier alpha value is -2.35. The summed E-state index contributed by atoms with van der Waals surface area (Å²) in [4.78, 5) is 15.7. The van der Waals surface area contributed by atoms with Gasteiger partial charge in [-0.15, -0.1) is 0 Å². The number of unbranched alkanes of at least 4 members (excludes halogenated alkanes) is 4. The van der Waals surface area contributed by atoms with Crippen LogP contribution in [0.3, 0.4) is 0 Å². The molecule has 1 fully saturated rings. The van der Waals surface area contributed by atoms with Crippen LogP contribution >= 0.6 is 0 Å². The lowest BCUT2D eigenvalue weighted by Crippen LogP contribution is -2.40. The second-order valence-electron chi connectivity index (χ2n) is 14.2. The quantitative estimate of drug-likeness (QED) is 0.0803. The van der Waals surface area contributed by atoms with E-state index in [1.165, 1.54) is 24.0 Å². The van der Waals surface area contributed by atoms with Gasteiger partial charge in [0.15, 0.2) is 8.32 Å². The Morgan fingerprint density at radius 3 is 1.70 bits per heavy atom. The number of ether oxygens (including phenoxy) is 3. The third-order valence-electron chi connectivity index (χ3n) is 9.72. The Morgan fingerprint density at radius 1 is 0.818 bits per heavy atom. The van der Waals surface area contributed by atoms with E-state index < -0.39 is 8.32 Å². The predicted molar refractivity (Wildman–Crippen MR) is 184 cm³/mol. The molecule has 0 radical (unpaired) electrons. The van der Waals surface area contributed by atoms with Crippen LogP contribution in [0, 0.1) is 27.7 Å². The molecule has 3 rings (SSSR count). The zero-order chi connectivity index (χ0) is 32.8. The number of nitrogens with zero attached hydrogens (tertiary/aromatic N) is 1. The second kappa shape index (κ2) is 15.3. The van der Waals surface area contributed by atoms with Crippen molar-refractivity contribution in [1.29, 1.82) is 0 Å². The number of hydrogen-bond acceptors (Lipinski definition) is 6. The Labute approximate surface area is 268 Å². The highest BCUT2D eigenvalue weighted by Gasteiger charge is 2.56. The van der Waals surface area contributed by atoms with Crippen LogP contribution in [0.1, 0.15) is 106 Å². The van der Waals surface area contributed by atoms with Crippen LogP contribution in [-0.2, 0) is 14.0 Å². The van der Waals surface area contributed by atoms with Gasteiger partial charge in [0, 0.05) is 12.6 Å². The summed E-state index contributed by atoms with van der Waals surface area (Å²) in [5.74, 6) is 1.70. The molecule has 1 aliphatic rings. The third-order valence-corrected chi connectivity index (χ3v) is 14.3. The van der Waals surface area contributed by atoms with Gasteiger partial charge in [0.2, 0.25) is 0 Å². The largest absolute Gasteiger partial charge is 0.496 e. The number of carbonyl (C=O) groups is 1. The van der Waals surface area contributed by atoms with E-state index in [1.54, 1.807) is 14.2 Å². The smallest absolute Gasteiger partial charge is 0.325 e. The summed E-state index contributed by atoms with van der Waals surface area (Å²) in [6.07, 6.45) is 6.71. The lowest BCUT2D eigenvalue weighted by Gasteiger charge is -2.36. The van der Waals surface area contributed by atoms with Crippen molar-refractivity contribution in [2.75, 3.05) is 27.4 Å². The summed E-state index contributed by atoms with van der Waals surface area (Å²) in [7, 11) is 1.77. The predicted octanol–water partition coefficient (Wildman–Crippen LogP) is 9.01. The number of benzene rings is 2. The van der Waals surface area contributed by atoms with Crippen molar-refractivity contribution >= 4 is 14.3 Å². The van der Waals surface area contributed by atoms with Crippen molar-refractivity contribution in [3.63, 3.8) is 0 Å². The van der Waals surface area contributed by atoms with E-state index in [0.29, 0.717) is 6.61 Å². The molecule has 246 valence electrons. The molecule has 0 amide bonds. The zero-order valence-corrected chi connectivity index (χ0v) is 30.7. The molecule has 0 saturated carbocycles. The van der Waals surface area contributed by atoms with Crippen LogP contribution in [0.2, 0.25) is 18.1 Å². The molecular formula is C37H59NO5Si. The summed E-state index contributed by atoms with van der Waals surface area (Å²) < 4.78 is 23.4. The molecule has 3 atom stereocenters. The summed E-state index contributed by atoms with van der Waals surface area (Å²) in [6.45, 7) is 23.0. The Balaban J connectivity index is 1.78. The fourth-order valence-corrected chi connectivity index (χ4v) is 7.55. The van der Waals surface area contributed by atoms with E-state index in [9.17, 15) is 4.79 Å². The summed E-state index contributed by atoms with van der Waals surface area (Å²) in [6, 6.07) is 8.69. The molecule has 1 heterocycles. The standard InChI is InChI=1S/C37H59NO5Si/c1-13-42-36(39)33-31(19-17-15-14-16-18-20-43-44(11,12)37(6,7)8)38(33)32(29-21-25(2)34(40-9)26(3)22-29)30-23-27(4)35(41-10)28(5)24-30/h21-24,31-33H,13-20H2,1-12H3/t31-,33-,38?/m1/s1. The number of carbonyl (C=O) groups excluding carboxylic acids is 1. The van der Waals surface area contributed by atoms with Crippen LogP contribution in [0.15, 0.2) is 24.3 Å². The van der Waals surface area contributed by atoms with E-state index in [1.807, 2.05) is 6.92 Å². The van der Waals surface area contributed by atoms with E-state index >= 15 is 0 Å². The van der Waals surface area contributed by atoms with Crippen LogP contribution in [0.4, 0.5) is 0 Å². The van der Waals surface area contributed by atoms with Gasteiger partial charge in [-0.2, -0.15) is 0 Å². The van der Waals surface area contributed by atoms with Gasteiger partial charge in [-0.1, -0.05) is 70.7 Å². The highest BCUT2D eigenvalue weighted by molar-refractivity contribution is 6.74. The molecule has 2 aromatic rings. The molecule has 0 spiro atoms. The van der Waals surface area contributed by atoms with Crippen molar-refractivity contribution in [2.45, 2.75) is 130 Å². The van der Waals surface area contributed by atoms with E-state index in [0.717, 1.165) is 66.0 Å². The second-order valence-corrected chi connectivity index (χ2v) is 19.0. The fraction of sp³-hybridized carbons (Fsp3) is 0.649. The number of rotatable bonds is 16. The first-order valence-corrected chi connectivity index (χ1v) is 19.5. The number of methoxy groups -OCH3 is 2.